The topological polar surface area (TPSA) is 62.6 Å². The van der Waals surface area contributed by atoms with E-state index in [2.05, 4.69) is 43.3 Å². The van der Waals surface area contributed by atoms with E-state index in [1.54, 1.807) is 0 Å². The van der Waals surface area contributed by atoms with Gasteiger partial charge in [-0.25, -0.2) is 9.97 Å². The first-order valence-corrected chi connectivity index (χ1v) is 9.77. The molecule has 0 spiro atoms. The average molecular weight is 371 g/mol. The lowest BCUT2D eigenvalue weighted by Crippen LogP contribution is -2.47. The van der Waals surface area contributed by atoms with Crippen molar-refractivity contribution in [1.82, 2.24) is 24.4 Å². The van der Waals surface area contributed by atoms with Crippen molar-refractivity contribution < 1.29 is 4.74 Å². The third-order valence-corrected chi connectivity index (χ3v) is 5.61. The molecule has 1 unspecified atom stereocenters. The van der Waals surface area contributed by atoms with Crippen molar-refractivity contribution in [2.24, 2.45) is 7.05 Å². The number of ether oxygens (including phenoxy) is 1. The number of aryl methyl sites for hydroxylation is 1. The smallest absolute Gasteiger partial charge is 0.227 e. The molecule has 8 nitrogen and oxygen atoms in total. The van der Waals surface area contributed by atoms with Gasteiger partial charge >= 0.3 is 0 Å². The largest absolute Gasteiger partial charge is 0.378 e. The molecule has 4 heterocycles. The summed E-state index contributed by atoms with van der Waals surface area (Å²) in [6.07, 6.45) is 8.06. The van der Waals surface area contributed by atoms with Crippen LogP contribution in [0.4, 0.5) is 11.8 Å². The second-order valence-corrected chi connectivity index (χ2v) is 7.45. The zero-order chi connectivity index (χ0) is 18.6. The van der Waals surface area contributed by atoms with E-state index in [4.69, 9.17) is 9.72 Å². The monoisotopic (exact) mass is 371 g/mol. The maximum Gasteiger partial charge on any atom is 0.227 e. The number of nitrogens with zero attached hydrogens (tertiary/aromatic N) is 7. The lowest BCUT2D eigenvalue weighted by molar-refractivity contribution is 0.122. The molecule has 8 heteroatoms. The van der Waals surface area contributed by atoms with Gasteiger partial charge in [-0.2, -0.15) is 4.98 Å². The van der Waals surface area contributed by atoms with Gasteiger partial charge in [0.15, 0.2) is 0 Å². The predicted octanol–water partition coefficient (Wildman–Crippen LogP) is 1.15. The van der Waals surface area contributed by atoms with Crippen LogP contribution >= 0.6 is 0 Å². The molecule has 0 saturated carbocycles. The van der Waals surface area contributed by atoms with Crippen LogP contribution in [0.2, 0.25) is 0 Å². The molecule has 0 radical (unpaired) electrons. The standard InChI is InChI=1S/C19H29N7O/c1-23-15-20-12-17(23)14-25-7-3-4-16(13-25)24(2)19-21-6-5-18(22-19)26-8-10-27-11-9-26/h5-6,12,15-16H,3-4,7-11,13-14H2,1-2H3. The molecular weight excluding hydrogens is 342 g/mol. The minimum absolute atomic E-state index is 0.423. The SMILES string of the molecule is CN(c1nccc(N2CCOCC2)n1)C1CCCN(Cc2cncn2C)C1. The van der Waals surface area contributed by atoms with Crippen molar-refractivity contribution in [3.05, 3.63) is 30.5 Å². The average Bonchev–Trinajstić information content (AvgIpc) is 3.13. The first kappa shape index (κ1) is 18.2. The molecule has 2 aliphatic rings. The van der Waals surface area contributed by atoms with E-state index in [0.29, 0.717) is 6.04 Å². The number of hydrogen-bond acceptors (Lipinski definition) is 7. The molecule has 2 aromatic heterocycles. The summed E-state index contributed by atoms with van der Waals surface area (Å²) in [5.74, 6) is 1.81. The Labute approximate surface area is 160 Å². The summed E-state index contributed by atoms with van der Waals surface area (Å²) in [4.78, 5) is 20.7. The fourth-order valence-corrected chi connectivity index (χ4v) is 3.90. The highest BCUT2D eigenvalue weighted by Gasteiger charge is 2.25. The highest BCUT2D eigenvalue weighted by Crippen LogP contribution is 2.22. The first-order valence-electron chi connectivity index (χ1n) is 9.77. The molecule has 27 heavy (non-hydrogen) atoms. The number of morpholine rings is 1. The number of anilines is 2. The van der Waals surface area contributed by atoms with Gasteiger partial charge < -0.3 is 19.1 Å². The lowest BCUT2D eigenvalue weighted by atomic mass is 10.0. The van der Waals surface area contributed by atoms with Crippen LogP contribution in [0, 0.1) is 0 Å². The molecule has 4 rings (SSSR count). The summed E-state index contributed by atoms with van der Waals surface area (Å²) >= 11 is 0. The van der Waals surface area contributed by atoms with E-state index >= 15 is 0 Å². The van der Waals surface area contributed by atoms with Crippen LogP contribution in [0.5, 0.6) is 0 Å². The van der Waals surface area contributed by atoms with E-state index in [1.807, 2.05) is 24.8 Å². The van der Waals surface area contributed by atoms with Gasteiger partial charge in [0.2, 0.25) is 5.95 Å². The normalized spacial score (nSPS) is 21.4. The van der Waals surface area contributed by atoms with Gasteiger partial charge in [0.1, 0.15) is 5.82 Å². The molecular formula is C19H29N7O. The number of rotatable bonds is 5. The van der Waals surface area contributed by atoms with Crippen molar-refractivity contribution >= 4 is 11.8 Å². The Morgan fingerprint density at radius 2 is 2.11 bits per heavy atom. The second-order valence-electron chi connectivity index (χ2n) is 7.45. The Hall–Kier alpha value is -2.19. The van der Waals surface area contributed by atoms with Crippen LogP contribution in [-0.2, 0) is 18.3 Å². The predicted molar refractivity (Wildman–Crippen MR) is 105 cm³/mol. The van der Waals surface area contributed by atoms with Crippen LogP contribution in [0.25, 0.3) is 0 Å². The number of aromatic nitrogens is 4. The van der Waals surface area contributed by atoms with Gasteiger partial charge in [0.05, 0.1) is 25.2 Å². The Bertz CT molecular complexity index is 743. The molecule has 0 bridgehead atoms. The fourth-order valence-electron chi connectivity index (χ4n) is 3.90. The van der Waals surface area contributed by atoms with Crippen LogP contribution in [-0.4, -0.2) is 76.9 Å². The Morgan fingerprint density at radius 1 is 1.26 bits per heavy atom. The Balaban J connectivity index is 1.42. The minimum Gasteiger partial charge on any atom is -0.378 e. The zero-order valence-corrected chi connectivity index (χ0v) is 16.3. The van der Waals surface area contributed by atoms with E-state index in [-0.39, 0.29) is 0 Å². The summed E-state index contributed by atoms with van der Waals surface area (Å²) in [6.45, 7) is 6.40. The highest BCUT2D eigenvalue weighted by atomic mass is 16.5. The third-order valence-electron chi connectivity index (χ3n) is 5.61. The van der Waals surface area contributed by atoms with Crippen LogP contribution < -0.4 is 9.80 Å². The van der Waals surface area contributed by atoms with E-state index in [1.165, 1.54) is 18.5 Å². The van der Waals surface area contributed by atoms with E-state index in [9.17, 15) is 0 Å². The molecule has 2 aliphatic heterocycles. The molecule has 0 aromatic carbocycles. The maximum absolute atomic E-state index is 5.45. The molecule has 2 fully saturated rings. The van der Waals surface area contributed by atoms with Gasteiger partial charge in [-0.1, -0.05) is 0 Å². The molecule has 0 N–H and O–H groups in total. The molecule has 1 atom stereocenters. The van der Waals surface area contributed by atoms with Crippen molar-refractivity contribution in [3.63, 3.8) is 0 Å². The van der Waals surface area contributed by atoms with Gasteiger partial charge in [-0.3, -0.25) is 4.90 Å². The van der Waals surface area contributed by atoms with Crippen molar-refractivity contribution in [2.45, 2.75) is 25.4 Å². The van der Waals surface area contributed by atoms with Crippen LogP contribution in [0.3, 0.4) is 0 Å². The quantitative estimate of drug-likeness (QED) is 0.781. The lowest BCUT2D eigenvalue weighted by Gasteiger charge is -2.38. The molecule has 0 aliphatic carbocycles. The van der Waals surface area contributed by atoms with Gasteiger partial charge in [-0.05, 0) is 25.5 Å². The van der Waals surface area contributed by atoms with Gasteiger partial charge in [0.25, 0.3) is 0 Å². The summed E-state index contributed by atoms with van der Waals surface area (Å²) in [6, 6.07) is 2.42. The van der Waals surface area contributed by atoms with Crippen molar-refractivity contribution in [2.75, 3.05) is 56.2 Å². The Morgan fingerprint density at radius 3 is 2.89 bits per heavy atom. The van der Waals surface area contributed by atoms with E-state index in [0.717, 1.165) is 57.7 Å². The summed E-state index contributed by atoms with van der Waals surface area (Å²) < 4.78 is 7.55. The highest BCUT2D eigenvalue weighted by molar-refractivity contribution is 5.44. The molecule has 0 amide bonds. The number of likely N-dealkylation sites (N-methyl/N-ethyl adjacent to an activating group) is 1. The maximum atomic E-state index is 5.45. The van der Waals surface area contributed by atoms with E-state index < -0.39 is 0 Å². The second kappa shape index (κ2) is 8.22. The zero-order valence-electron chi connectivity index (χ0n) is 16.3. The minimum atomic E-state index is 0.423. The van der Waals surface area contributed by atoms with Crippen molar-refractivity contribution in [1.29, 1.82) is 0 Å². The number of piperidine rings is 1. The molecule has 2 saturated heterocycles. The number of likely N-dealkylation sites (tertiary alicyclic amines) is 1. The molecule has 2 aromatic rings. The Kier molecular flexibility index (Phi) is 5.54. The number of hydrogen-bond donors (Lipinski definition) is 0. The summed E-state index contributed by atoms with van der Waals surface area (Å²) in [7, 11) is 4.18. The summed E-state index contributed by atoms with van der Waals surface area (Å²) in [5.41, 5.74) is 1.25. The van der Waals surface area contributed by atoms with Gasteiger partial charge in [-0.15, -0.1) is 0 Å². The van der Waals surface area contributed by atoms with Crippen LogP contribution in [0.1, 0.15) is 18.5 Å². The fraction of sp³-hybridized carbons (Fsp3) is 0.632. The number of imidazole rings is 1. The van der Waals surface area contributed by atoms with Crippen molar-refractivity contribution in [3.8, 4) is 0 Å². The first-order chi connectivity index (χ1) is 13.2. The van der Waals surface area contributed by atoms with Crippen LogP contribution in [0.15, 0.2) is 24.8 Å². The molecule has 146 valence electrons. The van der Waals surface area contributed by atoms with Gasteiger partial charge in [0, 0.05) is 58.7 Å². The summed E-state index contributed by atoms with van der Waals surface area (Å²) in [5, 5.41) is 0. The third kappa shape index (κ3) is 4.22.